The molecule has 0 saturated carbocycles. The molecule has 0 saturated heterocycles. The van der Waals surface area contributed by atoms with Crippen molar-refractivity contribution in [1.29, 1.82) is 0 Å². The summed E-state index contributed by atoms with van der Waals surface area (Å²) in [7, 11) is 0. The van der Waals surface area contributed by atoms with Crippen LogP contribution < -0.4 is 5.32 Å². The van der Waals surface area contributed by atoms with E-state index in [1.54, 1.807) is 0 Å². The van der Waals surface area contributed by atoms with E-state index in [1.807, 2.05) is 18.7 Å². The average molecular weight is 275 g/mol. The Morgan fingerprint density at radius 2 is 2.32 bits per heavy atom. The Morgan fingerprint density at radius 1 is 1.42 bits per heavy atom. The van der Waals surface area contributed by atoms with Crippen LogP contribution in [0, 0.1) is 6.92 Å². The summed E-state index contributed by atoms with van der Waals surface area (Å²) in [6, 6.07) is 9.09. The second kappa shape index (κ2) is 5.75. The second-order valence-electron chi connectivity index (χ2n) is 4.67. The van der Waals surface area contributed by atoms with Crippen molar-refractivity contribution in [2.24, 2.45) is 0 Å². The van der Waals surface area contributed by atoms with E-state index in [4.69, 9.17) is 4.52 Å². The first-order valence-corrected chi connectivity index (χ1v) is 7.56. The molecule has 1 aliphatic heterocycles. The fraction of sp³-hybridized carbons (Fsp3) is 0.429. The molecule has 5 heteroatoms. The molecule has 0 amide bonds. The molecule has 0 unspecified atom stereocenters. The first kappa shape index (κ1) is 12.7. The van der Waals surface area contributed by atoms with Crippen molar-refractivity contribution in [2.75, 3.05) is 12.3 Å². The summed E-state index contributed by atoms with van der Waals surface area (Å²) in [6.07, 6.45) is 1.96. The Labute approximate surface area is 117 Å². The Hall–Kier alpha value is -1.33. The molecule has 2 aromatic rings. The maximum Gasteiger partial charge on any atom is 0.227 e. The minimum atomic E-state index is 0.446. The summed E-state index contributed by atoms with van der Waals surface area (Å²) in [5.41, 5.74) is 1.42. The normalized spacial score (nSPS) is 18.3. The van der Waals surface area contributed by atoms with E-state index in [9.17, 15) is 0 Å². The van der Waals surface area contributed by atoms with Gasteiger partial charge in [-0.1, -0.05) is 23.4 Å². The van der Waals surface area contributed by atoms with E-state index in [2.05, 4.69) is 39.7 Å². The van der Waals surface area contributed by atoms with Crippen molar-refractivity contribution < 1.29 is 4.52 Å². The minimum Gasteiger partial charge on any atom is -0.339 e. The van der Waals surface area contributed by atoms with Gasteiger partial charge in [0, 0.05) is 23.9 Å². The van der Waals surface area contributed by atoms with Crippen LogP contribution in [0.25, 0.3) is 0 Å². The molecule has 0 aliphatic carbocycles. The van der Waals surface area contributed by atoms with E-state index in [-0.39, 0.29) is 0 Å². The van der Waals surface area contributed by atoms with Crippen molar-refractivity contribution >= 4 is 11.8 Å². The van der Waals surface area contributed by atoms with Crippen LogP contribution in [0.15, 0.2) is 33.7 Å². The molecule has 0 radical (unpaired) electrons. The molecule has 3 rings (SSSR count). The number of nitrogens with zero attached hydrogens (tertiary/aromatic N) is 2. The Kier molecular flexibility index (Phi) is 3.84. The number of thioether (sulfide) groups is 1. The maximum absolute atomic E-state index is 5.12. The van der Waals surface area contributed by atoms with Gasteiger partial charge in [-0.05, 0) is 30.7 Å². The fourth-order valence-electron chi connectivity index (χ4n) is 2.35. The van der Waals surface area contributed by atoms with Crippen LogP contribution in [0.5, 0.6) is 0 Å². The van der Waals surface area contributed by atoms with Gasteiger partial charge in [0.2, 0.25) is 5.89 Å². The zero-order valence-corrected chi connectivity index (χ0v) is 11.7. The monoisotopic (exact) mass is 275 g/mol. The van der Waals surface area contributed by atoms with Crippen LogP contribution in [0.4, 0.5) is 0 Å². The van der Waals surface area contributed by atoms with Crippen molar-refractivity contribution in [2.45, 2.75) is 30.7 Å². The predicted molar refractivity (Wildman–Crippen MR) is 75.3 cm³/mol. The van der Waals surface area contributed by atoms with E-state index >= 15 is 0 Å². The minimum absolute atomic E-state index is 0.446. The molecule has 1 N–H and O–H groups in total. The fourth-order valence-corrected chi connectivity index (χ4v) is 3.47. The highest BCUT2D eigenvalue weighted by Crippen LogP contribution is 2.35. The Morgan fingerprint density at radius 3 is 3.16 bits per heavy atom. The van der Waals surface area contributed by atoms with Gasteiger partial charge >= 0.3 is 0 Å². The summed E-state index contributed by atoms with van der Waals surface area (Å²) >= 11 is 1.94. The summed E-state index contributed by atoms with van der Waals surface area (Å²) < 4.78 is 5.12. The molecule has 100 valence electrons. The molecule has 0 fully saturated rings. The molecule has 2 heterocycles. The van der Waals surface area contributed by atoms with Crippen molar-refractivity contribution in [3.05, 3.63) is 41.5 Å². The number of fused-ring (bicyclic) bond motifs is 1. The first-order valence-electron chi connectivity index (χ1n) is 6.57. The molecular weight excluding hydrogens is 258 g/mol. The van der Waals surface area contributed by atoms with Gasteiger partial charge in [-0.15, -0.1) is 11.8 Å². The summed E-state index contributed by atoms with van der Waals surface area (Å²) in [6.45, 7) is 2.71. The van der Waals surface area contributed by atoms with E-state index in [0.717, 1.165) is 13.0 Å². The highest BCUT2D eigenvalue weighted by atomic mass is 32.2. The number of benzene rings is 1. The predicted octanol–water partition coefficient (Wildman–Crippen LogP) is 2.75. The van der Waals surface area contributed by atoms with Gasteiger partial charge in [0.15, 0.2) is 5.82 Å². The highest BCUT2D eigenvalue weighted by Gasteiger charge is 2.19. The lowest BCUT2D eigenvalue weighted by atomic mass is 10.0. The molecule has 0 spiro atoms. The third kappa shape index (κ3) is 2.98. The number of hydrogen-bond acceptors (Lipinski definition) is 5. The van der Waals surface area contributed by atoms with Crippen molar-refractivity contribution in [3.8, 4) is 0 Å². The quantitative estimate of drug-likeness (QED) is 0.929. The van der Waals surface area contributed by atoms with Gasteiger partial charge in [-0.25, -0.2) is 0 Å². The number of rotatable bonds is 4. The molecule has 19 heavy (non-hydrogen) atoms. The van der Waals surface area contributed by atoms with Crippen LogP contribution >= 0.6 is 11.8 Å². The molecular formula is C14H17N3OS. The van der Waals surface area contributed by atoms with Gasteiger partial charge in [0.25, 0.3) is 0 Å². The van der Waals surface area contributed by atoms with Gasteiger partial charge < -0.3 is 9.84 Å². The van der Waals surface area contributed by atoms with Crippen LogP contribution in [0.2, 0.25) is 0 Å². The third-order valence-corrected chi connectivity index (χ3v) is 4.38. The second-order valence-corrected chi connectivity index (χ2v) is 5.80. The van der Waals surface area contributed by atoms with Gasteiger partial charge in [0.1, 0.15) is 0 Å². The first-order chi connectivity index (χ1) is 9.33. The zero-order chi connectivity index (χ0) is 13.1. The van der Waals surface area contributed by atoms with Crippen LogP contribution in [0.1, 0.15) is 29.7 Å². The molecule has 1 atom stereocenters. The van der Waals surface area contributed by atoms with Crippen molar-refractivity contribution in [3.63, 3.8) is 0 Å². The maximum atomic E-state index is 5.12. The number of hydrogen-bond donors (Lipinski definition) is 1. The van der Waals surface area contributed by atoms with Gasteiger partial charge in [0.05, 0.1) is 0 Å². The molecule has 1 aromatic carbocycles. The lowest BCUT2D eigenvalue weighted by Gasteiger charge is -2.25. The smallest absolute Gasteiger partial charge is 0.227 e. The standard InChI is InChI=1S/C14H17N3OS/c1-10-16-14(18-17-10)6-8-15-12-7-9-19-13-5-3-2-4-11(12)13/h2-5,12,15H,6-9H2,1H3/t12-/m0/s1. The third-order valence-electron chi connectivity index (χ3n) is 3.26. The number of aryl methyl sites for hydroxylation is 1. The van der Waals surface area contributed by atoms with Crippen LogP contribution in [-0.2, 0) is 6.42 Å². The van der Waals surface area contributed by atoms with E-state index in [0.29, 0.717) is 17.8 Å². The lowest BCUT2D eigenvalue weighted by molar-refractivity contribution is 0.368. The Bertz CT molecular complexity index is 555. The van der Waals surface area contributed by atoms with E-state index < -0.39 is 0 Å². The van der Waals surface area contributed by atoms with Gasteiger partial charge in [-0.2, -0.15) is 4.98 Å². The average Bonchev–Trinajstić information content (AvgIpc) is 2.85. The summed E-state index contributed by atoms with van der Waals surface area (Å²) in [5.74, 6) is 2.59. The number of aromatic nitrogens is 2. The summed E-state index contributed by atoms with van der Waals surface area (Å²) in [5, 5.41) is 7.40. The molecule has 4 nitrogen and oxygen atoms in total. The lowest BCUT2D eigenvalue weighted by Crippen LogP contribution is -2.26. The largest absolute Gasteiger partial charge is 0.339 e. The highest BCUT2D eigenvalue weighted by molar-refractivity contribution is 7.99. The van der Waals surface area contributed by atoms with Crippen molar-refractivity contribution in [1.82, 2.24) is 15.5 Å². The molecule has 1 aromatic heterocycles. The summed E-state index contributed by atoms with van der Waals surface area (Å²) in [4.78, 5) is 5.62. The Balaban J connectivity index is 1.59. The van der Waals surface area contributed by atoms with Gasteiger partial charge in [-0.3, -0.25) is 0 Å². The molecule has 1 aliphatic rings. The topological polar surface area (TPSA) is 51.0 Å². The SMILES string of the molecule is Cc1noc(CCN[C@H]2CCSc3ccccc32)n1. The van der Waals surface area contributed by atoms with E-state index in [1.165, 1.54) is 22.6 Å². The molecule has 0 bridgehead atoms. The zero-order valence-electron chi connectivity index (χ0n) is 10.9. The van der Waals surface area contributed by atoms with Crippen LogP contribution in [-0.4, -0.2) is 22.4 Å². The number of nitrogens with one attached hydrogen (secondary N) is 1. The van der Waals surface area contributed by atoms with Crippen LogP contribution in [0.3, 0.4) is 0 Å².